The summed E-state index contributed by atoms with van der Waals surface area (Å²) in [7, 11) is 0. The summed E-state index contributed by atoms with van der Waals surface area (Å²) in [5.74, 6) is -0.375. The topological polar surface area (TPSA) is 39.1 Å². The Hall–Kier alpha value is -1.60. The molecule has 0 heterocycles. The predicted molar refractivity (Wildman–Crippen MR) is 72.0 cm³/mol. The molecule has 0 saturated carbocycles. The van der Waals surface area contributed by atoms with E-state index >= 15 is 0 Å². The standard InChI is InChI=1S/C14H20FN3/c1-4-18(5-2)10-11(3)17-14-7-6-12(9-16)8-13(14)15/h6-8,11,17H,4-5,10H2,1-3H3. The number of nitriles is 1. The fourth-order valence-corrected chi connectivity index (χ4v) is 1.88. The molecule has 0 aliphatic rings. The number of hydrogen-bond donors (Lipinski definition) is 1. The largest absolute Gasteiger partial charge is 0.379 e. The minimum Gasteiger partial charge on any atom is -0.379 e. The molecule has 1 N–H and O–H groups in total. The third-order valence-corrected chi connectivity index (χ3v) is 2.93. The zero-order valence-corrected chi connectivity index (χ0v) is 11.2. The molecule has 18 heavy (non-hydrogen) atoms. The molecule has 0 aliphatic carbocycles. The van der Waals surface area contributed by atoms with Crippen molar-refractivity contribution in [2.24, 2.45) is 0 Å². The third kappa shape index (κ3) is 4.01. The fourth-order valence-electron chi connectivity index (χ4n) is 1.88. The van der Waals surface area contributed by atoms with Gasteiger partial charge in [0.05, 0.1) is 17.3 Å². The van der Waals surface area contributed by atoms with Crippen molar-refractivity contribution in [3.63, 3.8) is 0 Å². The van der Waals surface area contributed by atoms with Gasteiger partial charge in [0.15, 0.2) is 0 Å². The first-order valence-corrected chi connectivity index (χ1v) is 6.29. The maximum atomic E-state index is 13.7. The van der Waals surface area contributed by atoms with Gasteiger partial charge in [0.2, 0.25) is 0 Å². The van der Waals surface area contributed by atoms with Crippen molar-refractivity contribution in [3.05, 3.63) is 29.6 Å². The van der Waals surface area contributed by atoms with Crippen molar-refractivity contribution in [1.82, 2.24) is 4.90 Å². The zero-order chi connectivity index (χ0) is 13.5. The van der Waals surface area contributed by atoms with Crippen LogP contribution in [0.1, 0.15) is 26.3 Å². The molecular formula is C14H20FN3. The van der Waals surface area contributed by atoms with Gasteiger partial charge < -0.3 is 10.2 Å². The number of hydrogen-bond acceptors (Lipinski definition) is 3. The Labute approximate surface area is 108 Å². The van der Waals surface area contributed by atoms with E-state index in [0.29, 0.717) is 11.3 Å². The van der Waals surface area contributed by atoms with Gasteiger partial charge in [0.1, 0.15) is 5.82 Å². The second-order valence-corrected chi connectivity index (χ2v) is 4.34. The van der Waals surface area contributed by atoms with Gasteiger partial charge in [-0.2, -0.15) is 5.26 Å². The van der Waals surface area contributed by atoms with Crippen LogP contribution in [0.5, 0.6) is 0 Å². The molecule has 0 bridgehead atoms. The van der Waals surface area contributed by atoms with Gasteiger partial charge in [-0.15, -0.1) is 0 Å². The molecule has 1 aromatic rings. The van der Waals surface area contributed by atoms with Crippen LogP contribution in [0.3, 0.4) is 0 Å². The molecule has 1 unspecified atom stereocenters. The highest BCUT2D eigenvalue weighted by atomic mass is 19.1. The Balaban J connectivity index is 2.65. The fraction of sp³-hybridized carbons (Fsp3) is 0.500. The second-order valence-electron chi connectivity index (χ2n) is 4.34. The van der Waals surface area contributed by atoms with E-state index in [1.54, 1.807) is 12.1 Å². The van der Waals surface area contributed by atoms with E-state index in [2.05, 4.69) is 24.1 Å². The molecule has 0 fully saturated rings. The molecule has 0 saturated heterocycles. The first-order valence-electron chi connectivity index (χ1n) is 6.29. The number of anilines is 1. The van der Waals surface area contributed by atoms with E-state index < -0.39 is 0 Å². The molecule has 98 valence electrons. The summed E-state index contributed by atoms with van der Waals surface area (Å²) >= 11 is 0. The molecule has 4 heteroatoms. The average molecular weight is 249 g/mol. The Morgan fingerprint density at radius 3 is 2.56 bits per heavy atom. The number of rotatable bonds is 6. The van der Waals surface area contributed by atoms with Crippen LogP contribution in [-0.2, 0) is 0 Å². The highest BCUT2D eigenvalue weighted by molar-refractivity contribution is 5.49. The summed E-state index contributed by atoms with van der Waals surface area (Å²) in [5, 5.41) is 11.8. The van der Waals surface area contributed by atoms with Gasteiger partial charge in [0, 0.05) is 12.6 Å². The van der Waals surface area contributed by atoms with E-state index in [1.165, 1.54) is 6.07 Å². The zero-order valence-electron chi connectivity index (χ0n) is 11.2. The molecule has 0 aliphatic heterocycles. The number of halogens is 1. The van der Waals surface area contributed by atoms with Crippen molar-refractivity contribution in [2.75, 3.05) is 25.0 Å². The number of nitrogens with one attached hydrogen (secondary N) is 1. The highest BCUT2D eigenvalue weighted by Crippen LogP contribution is 2.16. The third-order valence-electron chi connectivity index (χ3n) is 2.93. The lowest BCUT2D eigenvalue weighted by atomic mass is 10.2. The van der Waals surface area contributed by atoms with Gasteiger partial charge >= 0.3 is 0 Å². The lowest BCUT2D eigenvalue weighted by Crippen LogP contribution is -2.34. The van der Waals surface area contributed by atoms with E-state index in [4.69, 9.17) is 5.26 Å². The van der Waals surface area contributed by atoms with Crippen molar-refractivity contribution < 1.29 is 4.39 Å². The van der Waals surface area contributed by atoms with E-state index in [9.17, 15) is 4.39 Å². The molecule has 0 amide bonds. The number of nitrogens with zero attached hydrogens (tertiary/aromatic N) is 2. The van der Waals surface area contributed by atoms with Crippen LogP contribution in [-0.4, -0.2) is 30.6 Å². The van der Waals surface area contributed by atoms with Gasteiger partial charge in [-0.3, -0.25) is 0 Å². The van der Waals surface area contributed by atoms with E-state index in [-0.39, 0.29) is 11.9 Å². The maximum Gasteiger partial charge on any atom is 0.147 e. The van der Waals surface area contributed by atoms with E-state index in [0.717, 1.165) is 19.6 Å². The van der Waals surface area contributed by atoms with Crippen LogP contribution in [0, 0.1) is 17.1 Å². The molecule has 0 radical (unpaired) electrons. The number of likely N-dealkylation sites (N-methyl/N-ethyl adjacent to an activating group) is 1. The summed E-state index contributed by atoms with van der Waals surface area (Å²) in [6, 6.07) is 6.58. The minimum atomic E-state index is -0.375. The number of benzene rings is 1. The summed E-state index contributed by atoms with van der Waals surface area (Å²) in [6.45, 7) is 9.08. The molecular weight excluding hydrogens is 229 g/mol. The lowest BCUT2D eigenvalue weighted by Gasteiger charge is -2.24. The summed E-state index contributed by atoms with van der Waals surface area (Å²) in [4.78, 5) is 2.28. The van der Waals surface area contributed by atoms with Gasteiger partial charge in [-0.1, -0.05) is 13.8 Å². The lowest BCUT2D eigenvalue weighted by molar-refractivity contribution is 0.294. The van der Waals surface area contributed by atoms with Crippen LogP contribution < -0.4 is 5.32 Å². The van der Waals surface area contributed by atoms with Crippen LogP contribution in [0.25, 0.3) is 0 Å². The summed E-state index contributed by atoms with van der Waals surface area (Å²) in [5.41, 5.74) is 0.795. The second kappa shape index (κ2) is 6.97. The van der Waals surface area contributed by atoms with Crippen LogP contribution in [0.15, 0.2) is 18.2 Å². The predicted octanol–water partition coefficient (Wildman–Crippen LogP) is 2.84. The SMILES string of the molecule is CCN(CC)CC(C)Nc1ccc(C#N)cc1F. The Morgan fingerprint density at radius 2 is 2.06 bits per heavy atom. The smallest absolute Gasteiger partial charge is 0.147 e. The minimum absolute atomic E-state index is 0.160. The van der Waals surface area contributed by atoms with Crippen LogP contribution in [0.2, 0.25) is 0 Å². The molecule has 0 aromatic heterocycles. The molecule has 3 nitrogen and oxygen atoms in total. The van der Waals surface area contributed by atoms with Crippen LogP contribution in [0.4, 0.5) is 10.1 Å². The van der Waals surface area contributed by atoms with Crippen molar-refractivity contribution in [3.8, 4) is 6.07 Å². The van der Waals surface area contributed by atoms with Crippen molar-refractivity contribution >= 4 is 5.69 Å². The van der Waals surface area contributed by atoms with Crippen LogP contribution >= 0.6 is 0 Å². The van der Waals surface area contributed by atoms with Gasteiger partial charge in [-0.25, -0.2) is 4.39 Å². The van der Waals surface area contributed by atoms with Gasteiger partial charge in [-0.05, 0) is 38.2 Å². The average Bonchev–Trinajstić information content (AvgIpc) is 2.38. The first kappa shape index (κ1) is 14.5. The maximum absolute atomic E-state index is 13.7. The Morgan fingerprint density at radius 1 is 1.39 bits per heavy atom. The highest BCUT2D eigenvalue weighted by Gasteiger charge is 2.10. The molecule has 1 atom stereocenters. The quantitative estimate of drug-likeness (QED) is 0.842. The Bertz CT molecular complexity index is 422. The normalized spacial score (nSPS) is 12.2. The van der Waals surface area contributed by atoms with Crippen molar-refractivity contribution in [1.29, 1.82) is 5.26 Å². The summed E-state index contributed by atoms with van der Waals surface area (Å²) in [6.07, 6.45) is 0. The Kier molecular flexibility index (Phi) is 5.60. The molecule has 1 aromatic carbocycles. The monoisotopic (exact) mass is 249 g/mol. The molecule has 0 spiro atoms. The molecule has 1 rings (SSSR count). The first-order chi connectivity index (χ1) is 8.60. The van der Waals surface area contributed by atoms with Gasteiger partial charge in [0.25, 0.3) is 0 Å². The van der Waals surface area contributed by atoms with Crippen molar-refractivity contribution in [2.45, 2.75) is 26.8 Å². The summed E-state index contributed by atoms with van der Waals surface area (Å²) < 4.78 is 13.7. The van der Waals surface area contributed by atoms with E-state index in [1.807, 2.05) is 13.0 Å².